The third-order valence-electron chi connectivity index (χ3n) is 4.29. The van der Waals surface area contributed by atoms with E-state index in [0.29, 0.717) is 24.7 Å². The highest BCUT2D eigenvalue weighted by Gasteiger charge is 2.26. The first-order valence-corrected chi connectivity index (χ1v) is 9.26. The van der Waals surface area contributed by atoms with Crippen LogP contribution in [0.3, 0.4) is 0 Å². The molecule has 146 valence electrons. The Labute approximate surface area is 160 Å². The van der Waals surface area contributed by atoms with E-state index in [-0.39, 0.29) is 18.4 Å². The summed E-state index contributed by atoms with van der Waals surface area (Å²) in [7, 11) is 0. The van der Waals surface area contributed by atoms with Crippen molar-refractivity contribution in [3.05, 3.63) is 24.3 Å². The van der Waals surface area contributed by atoms with Crippen LogP contribution < -0.4 is 10.6 Å². The first-order chi connectivity index (χ1) is 12.8. The Kier molecular flexibility index (Phi) is 7.05. The Morgan fingerprint density at radius 3 is 2.44 bits per heavy atom. The number of likely N-dealkylation sites (tertiary alicyclic amines) is 1. The quantitative estimate of drug-likeness (QED) is 0.823. The summed E-state index contributed by atoms with van der Waals surface area (Å²) in [5.74, 6) is 0.115. The van der Waals surface area contributed by atoms with E-state index < -0.39 is 5.60 Å². The molecule has 1 heterocycles. The van der Waals surface area contributed by atoms with Crippen molar-refractivity contribution < 1.29 is 14.3 Å². The Hall–Kier alpha value is -2.75. The van der Waals surface area contributed by atoms with Gasteiger partial charge < -0.3 is 20.3 Å². The number of rotatable bonds is 5. The largest absolute Gasteiger partial charge is 0.444 e. The molecule has 2 rings (SSSR count). The number of hydrogen-bond acceptors (Lipinski definition) is 5. The predicted octanol–water partition coefficient (Wildman–Crippen LogP) is 3.60. The van der Waals surface area contributed by atoms with Gasteiger partial charge in [-0.15, -0.1) is 0 Å². The van der Waals surface area contributed by atoms with E-state index in [1.807, 2.05) is 51.1 Å². The molecule has 0 spiro atoms. The summed E-state index contributed by atoms with van der Waals surface area (Å²) < 4.78 is 5.42. The Balaban J connectivity index is 1.83. The molecular formula is C20H28N4O3. The zero-order chi connectivity index (χ0) is 19.9. The average Bonchev–Trinajstić information content (AvgIpc) is 2.60. The van der Waals surface area contributed by atoms with Crippen LogP contribution in [0.1, 0.15) is 40.0 Å². The van der Waals surface area contributed by atoms with Crippen LogP contribution in [-0.2, 0) is 9.53 Å². The highest BCUT2D eigenvalue weighted by Crippen LogP contribution is 2.24. The average molecular weight is 372 g/mol. The molecule has 1 aliphatic heterocycles. The summed E-state index contributed by atoms with van der Waals surface area (Å²) in [6, 6.07) is 9.29. The Morgan fingerprint density at radius 1 is 1.22 bits per heavy atom. The molecular weight excluding hydrogens is 344 g/mol. The maximum atomic E-state index is 12.1. The third kappa shape index (κ3) is 6.81. The van der Waals surface area contributed by atoms with Crippen molar-refractivity contribution in [2.45, 2.75) is 45.6 Å². The molecule has 2 N–H and O–H groups in total. The Bertz CT molecular complexity index is 698. The topological polar surface area (TPSA) is 94.5 Å². The molecule has 2 amide bonds. The number of nitrogens with one attached hydrogen (secondary N) is 2. The lowest BCUT2D eigenvalue weighted by atomic mass is 9.97. The standard InChI is InChI=1S/C20H28N4O3/c1-20(2,3)27-19(26)24-12-9-15(10-13-24)14-22-16-6-4-5-7-17(16)23-18(25)8-11-21/h4-7,15,22H,8-10,12-14H2,1-3H3,(H,23,25). The third-order valence-corrected chi connectivity index (χ3v) is 4.29. The van der Waals surface area contributed by atoms with Crippen molar-refractivity contribution in [3.8, 4) is 6.07 Å². The molecule has 0 atom stereocenters. The lowest BCUT2D eigenvalue weighted by Gasteiger charge is -2.33. The number of anilines is 2. The smallest absolute Gasteiger partial charge is 0.410 e. The SMILES string of the molecule is CC(C)(C)OC(=O)N1CCC(CNc2ccccc2NC(=O)CC#N)CC1. The van der Waals surface area contributed by atoms with E-state index in [1.165, 1.54) is 0 Å². The number of amides is 2. The summed E-state index contributed by atoms with van der Waals surface area (Å²) in [6.07, 6.45) is 1.38. The van der Waals surface area contributed by atoms with Gasteiger partial charge in [-0.1, -0.05) is 12.1 Å². The number of carbonyl (C=O) groups excluding carboxylic acids is 2. The van der Waals surface area contributed by atoms with Crippen LogP contribution >= 0.6 is 0 Å². The Morgan fingerprint density at radius 2 is 1.85 bits per heavy atom. The fraction of sp³-hybridized carbons (Fsp3) is 0.550. The van der Waals surface area contributed by atoms with Crippen LogP contribution in [0.5, 0.6) is 0 Å². The summed E-state index contributed by atoms with van der Waals surface area (Å²) in [5, 5.41) is 14.7. The number of ether oxygens (including phenoxy) is 1. The molecule has 1 fully saturated rings. The molecule has 0 saturated carbocycles. The molecule has 1 aromatic rings. The number of nitriles is 1. The van der Waals surface area contributed by atoms with E-state index in [0.717, 1.165) is 25.1 Å². The fourth-order valence-corrected chi connectivity index (χ4v) is 2.91. The van der Waals surface area contributed by atoms with Gasteiger partial charge in [0.25, 0.3) is 0 Å². The van der Waals surface area contributed by atoms with Gasteiger partial charge in [-0.25, -0.2) is 4.79 Å². The number of benzene rings is 1. The minimum atomic E-state index is -0.477. The molecule has 0 aliphatic carbocycles. The highest BCUT2D eigenvalue weighted by molar-refractivity contribution is 5.95. The van der Waals surface area contributed by atoms with E-state index in [9.17, 15) is 9.59 Å². The fourth-order valence-electron chi connectivity index (χ4n) is 2.91. The second-order valence-electron chi connectivity index (χ2n) is 7.72. The molecule has 0 unspecified atom stereocenters. The van der Waals surface area contributed by atoms with Crippen LogP contribution in [-0.4, -0.2) is 42.1 Å². The van der Waals surface area contributed by atoms with E-state index in [2.05, 4.69) is 10.6 Å². The highest BCUT2D eigenvalue weighted by atomic mass is 16.6. The van der Waals surface area contributed by atoms with Crippen LogP contribution in [0.2, 0.25) is 0 Å². The van der Waals surface area contributed by atoms with Gasteiger partial charge in [0.2, 0.25) is 5.91 Å². The van der Waals surface area contributed by atoms with Crippen LogP contribution in [0, 0.1) is 17.2 Å². The molecule has 1 aromatic carbocycles. The van der Waals surface area contributed by atoms with Gasteiger partial charge in [0, 0.05) is 19.6 Å². The summed E-state index contributed by atoms with van der Waals surface area (Å²) in [4.78, 5) is 25.5. The first-order valence-electron chi connectivity index (χ1n) is 9.26. The van der Waals surface area contributed by atoms with Crippen molar-refractivity contribution in [1.82, 2.24) is 4.90 Å². The molecule has 0 radical (unpaired) electrons. The number of para-hydroxylation sites is 2. The van der Waals surface area contributed by atoms with Crippen LogP contribution in [0.4, 0.5) is 16.2 Å². The van der Waals surface area contributed by atoms with E-state index in [1.54, 1.807) is 4.90 Å². The van der Waals surface area contributed by atoms with E-state index >= 15 is 0 Å². The monoisotopic (exact) mass is 372 g/mol. The molecule has 0 aromatic heterocycles. The van der Waals surface area contributed by atoms with Crippen LogP contribution in [0.15, 0.2) is 24.3 Å². The van der Waals surface area contributed by atoms with Crippen molar-refractivity contribution in [1.29, 1.82) is 5.26 Å². The molecule has 7 nitrogen and oxygen atoms in total. The van der Waals surface area contributed by atoms with Crippen molar-refractivity contribution in [3.63, 3.8) is 0 Å². The lowest BCUT2D eigenvalue weighted by molar-refractivity contribution is -0.115. The number of carbonyl (C=O) groups is 2. The maximum Gasteiger partial charge on any atom is 0.410 e. The van der Waals surface area contributed by atoms with E-state index in [4.69, 9.17) is 10.00 Å². The lowest BCUT2D eigenvalue weighted by Crippen LogP contribution is -2.42. The van der Waals surface area contributed by atoms with Crippen molar-refractivity contribution in [2.75, 3.05) is 30.3 Å². The second-order valence-corrected chi connectivity index (χ2v) is 7.72. The minimum absolute atomic E-state index is 0.169. The summed E-state index contributed by atoms with van der Waals surface area (Å²) in [5.41, 5.74) is 1.03. The zero-order valence-electron chi connectivity index (χ0n) is 16.2. The second kappa shape index (κ2) is 9.26. The summed E-state index contributed by atoms with van der Waals surface area (Å²) in [6.45, 7) is 7.73. The van der Waals surface area contributed by atoms with Gasteiger partial charge >= 0.3 is 6.09 Å². The van der Waals surface area contributed by atoms with Gasteiger partial charge in [-0.3, -0.25) is 4.79 Å². The molecule has 27 heavy (non-hydrogen) atoms. The number of nitrogens with zero attached hydrogens (tertiary/aromatic N) is 2. The van der Waals surface area contributed by atoms with Gasteiger partial charge in [0.15, 0.2) is 0 Å². The zero-order valence-corrected chi connectivity index (χ0v) is 16.2. The number of hydrogen-bond donors (Lipinski definition) is 2. The number of piperidine rings is 1. The predicted molar refractivity (Wildman–Crippen MR) is 104 cm³/mol. The van der Waals surface area contributed by atoms with Gasteiger partial charge in [0.1, 0.15) is 12.0 Å². The minimum Gasteiger partial charge on any atom is -0.444 e. The molecule has 1 saturated heterocycles. The van der Waals surface area contributed by atoms with Gasteiger partial charge in [-0.2, -0.15) is 5.26 Å². The molecule has 7 heteroatoms. The maximum absolute atomic E-state index is 12.1. The van der Waals surface area contributed by atoms with Gasteiger partial charge in [-0.05, 0) is 51.7 Å². The van der Waals surface area contributed by atoms with Crippen molar-refractivity contribution in [2.24, 2.45) is 5.92 Å². The first kappa shape index (κ1) is 20.6. The molecule has 1 aliphatic rings. The van der Waals surface area contributed by atoms with Crippen molar-refractivity contribution >= 4 is 23.4 Å². The van der Waals surface area contributed by atoms with Crippen LogP contribution in [0.25, 0.3) is 0 Å². The molecule has 0 bridgehead atoms. The normalized spacial score (nSPS) is 15.0. The van der Waals surface area contributed by atoms with Gasteiger partial charge in [0.05, 0.1) is 17.4 Å². The summed E-state index contributed by atoms with van der Waals surface area (Å²) >= 11 is 0.